The Morgan fingerprint density at radius 3 is 2.18 bits per heavy atom. The maximum atomic E-state index is 14.2. The van der Waals surface area contributed by atoms with Crippen LogP contribution >= 0.6 is 0 Å². The van der Waals surface area contributed by atoms with Crippen molar-refractivity contribution in [2.45, 2.75) is 43.7 Å². The van der Waals surface area contributed by atoms with E-state index in [-0.39, 0.29) is 23.1 Å². The van der Waals surface area contributed by atoms with Crippen LogP contribution < -0.4 is 0 Å². The van der Waals surface area contributed by atoms with Crippen LogP contribution in [0, 0.1) is 0 Å². The van der Waals surface area contributed by atoms with Crippen LogP contribution in [0.4, 0.5) is 0 Å². The number of nitrogens with zero attached hydrogens (tertiary/aromatic N) is 1. The van der Waals surface area contributed by atoms with Gasteiger partial charge in [0.2, 0.25) is 17.3 Å². The summed E-state index contributed by atoms with van der Waals surface area (Å²) >= 11 is 0. The molecule has 0 N–H and O–H groups in total. The van der Waals surface area contributed by atoms with Gasteiger partial charge in [0.1, 0.15) is 11.1 Å². The minimum atomic E-state index is -1.89. The molecule has 2 aromatic rings. The highest BCUT2D eigenvalue weighted by Crippen LogP contribution is 2.52. The molecule has 7 nitrogen and oxygen atoms in total. The zero-order valence-electron chi connectivity index (χ0n) is 19.1. The fourth-order valence-electron chi connectivity index (χ4n) is 5.24. The maximum Gasteiger partial charge on any atom is 0.344 e. The number of ether oxygens (including phenoxy) is 3. The van der Waals surface area contributed by atoms with Gasteiger partial charge in [-0.25, -0.2) is 14.6 Å². The SMILES string of the molecule is COC(=O)C1=C(C(=O)OC)C2(OC1=NC1CCCCC1)C(=O)c1ccccc1-c1ccccc12. The summed E-state index contributed by atoms with van der Waals surface area (Å²) < 4.78 is 16.5. The van der Waals surface area contributed by atoms with Gasteiger partial charge in [0, 0.05) is 11.1 Å². The summed E-state index contributed by atoms with van der Waals surface area (Å²) in [5.41, 5.74) is 0.0988. The summed E-state index contributed by atoms with van der Waals surface area (Å²) in [7, 11) is 2.43. The van der Waals surface area contributed by atoms with Gasteiger partial charge in [-0.2, -0.15) is 0 Å². The summed E-state index contributed by atoms with van der Waals surface area (Å²) in [4.78, 5) is 45.2. The first kappa shape index (κ1) is 22.1. The molecule has 0 saturated heterocycles. The second-order valence-electron chi connectivity index (χ2n) is 8.66. The molecule has 7 heteroatoms. The Morgan fingerprint density at radius 2 is 1.50 bits per heavy atom. The predicted octanol–water partition coefficient (Wildman–Crippen LogP) is 4.15. The molecule has 1 aliphatic heterocycles. The number of carbonyl (C=O) groups is 3. The molecule has 1 fully saturated rings. The lowest BCUT2D eigenvalue weighted by molar-refractivity contribution is -0.139. The third-order valence-corrected chi connectivity index (χ3v) is 6.81. The van der Waals surface area contributed by atoms with Crippen molar-refractivity contribution < 1.29 is 28.6 Å². The first-order chi connectivity index (χ1) is 16.5. The monoisotopic (exact) mass is 459 g/mol. The third kappa shape index (κ3) is 3.18. The molecule has 1 spiro atoms. The summed E-state index contributed by atoms with van der Waals surface area (Å²) in [6.07, 6.45) is 4.85. The molecule has 1 heterocycles. The van der Waals surface area contributed by atoms with Crippen molar-refractivity contribution in [1.29, 1.82) is 0 Å². The predicted molar refractivity (Wildman–Crippen MR) is 124 cm³/mol. The molecule has 0 bridgehead atoms. The first-order valence-electron chi connectivity index (χ1n) is 11.4. The highest BCUT2D eigenvalue weighted by atomic mass is 16.6. The Kier molecular flexibility index (Phi) is 5.55. The van der Waals surface area contributed by atoms with Gasteiger partial charge in [0.05, 0.1) is 20.3 Å². The largest absolute Gasteiger partial charge is 0.466 e. The van der Waals surface area contributed by atoms with E-state index in [9.17, 15) is 14.4 Å². The number of methoxy groups -OCH3 is 2. The first-order valence-corrected chi connectivity index (χ1v) is 11.4. The number of aliphatic imine (C=N–C) groups is 1. The van der Waals surface area contributed by atoms with Gasteiger partial charge in [-0.05, 0) is 24.0 Å². The molecule has 3 aliphatic rings. The van der Waals surface area contributed by atoms with E-state index in [1.807, 2.05) is 24.3 Å². The Bertz CT molecular complexity index is 1250. The van der Waals surface area contributed by atoms with Crippen LogP contribution in [0.1, 0.15) is 48.0 Å². The maximum absolute atomic E-state index is 14.2. The molecule has 34 heavy (non-hydrogen) atoms. The van der Waals surface area contributed by atoms with Crippen LogP contribution in [0.25, 0.3) is 11.1 Å². The van der Waals surface area contributed by atoms with Crippen molar-refractivity contribution >= 4 is 23.6 Å². The highest BCUT2D eigenvalue weighted by Gasteiger charge is 2.61. The van der Waals surface area contributed by atoms with E-state index in [0.29, 0.717) is 11.1 Å². The summed E-state index contributed by atoms with van der Waals surface area (Å²) in [5.74, 6) is -2.12. The quantitative estimate of drug-likeness (QED) is 0.641. The van der Waals surface area contributed by atoms with E-state index in [1.54, 1.807) is 24.3 Å². The lowest BCUT2D eigenvalue weighted by atomic mass is 9.71. The van der Waals surface area contributed by atoms with Gasteiger partial charge >= 0.3 is 11.9 Å². The Labute approximate surface area is 197 Å². The van der Waals surface area contributed by atoms with Crippen molar-refractivity contribution in [3.8, 4) is 11.1 Å². The van der Waals surface area contributed by atoms with E-state index >= 15 is 0 Å². The number of esters is 2. The molecule has 0 radical (unpaired) electrons. The second-order valence-corrected chi connectivity index (χ2v) is 8.66. The Morgan fingerprint density at radius 1 is 0.882 bits per heavy atom. The van der Waals surface area contributed by atoms with E-state index in [2.05, 4.69) is 0 Å². The van der Waals surface area contributed by atoms with E-state index < -0.39 is 23.3 Å². The topological polar surface area (TPSA) is 91.3 Å². The summed E-state index contributed by atoms with van der Waals surface area (Å²) in [5, 5.41) is 0. The van der Waals surface area contributed by atoms with Crippen molar-refractivity contribution in [2.75, 3.05) is 14.2 Å². The molecule has 0 aromatic heterocycles. The lowest BCUT2D eigenvalue weighted by Gasteiger charge is -2.35. The number of hydrogen-bond donors (Lipinski definition) is 0. The van der Waals surface area contributed by atoms with Crippen molar-refractivity contribution in [2.24, 2.45) is 4.99 Å². The van der Waals surface area contributed by atoms with Crippen LogP contribution in [-0.2, 0) is 29.4 Å². The number of rotatable bonds is 3. The fraction of sp³-hybridized carbons (Fsp3) is 0.333. The van der Waals surface area contributed by atoms with Gasteiger partial charge in [0.25, 0.3) is 0 Å². The molecule has 1 saturated carbocycles. The number of hydrogen-bond acceptors (Lipinski definition) is 7. The molecule has 5 rings (SSSR count). The standard InChI is InChI=1S/C27H25NO6/c1-32-25(30)21-22(26(31)33-2)27(34-24(21)28-16-10-4-3-5-11-16)20-15-9-8-13-18(20)17-12-6-7-14-19(17)23(27)29/h6-9,12-16H,3-5,10-11H2,1-2H3. The van der Waals surface area contributed by atoms with E-state index in [0.717, 1.165) is 43.2 Å². The number of ketones is 1. The Hall–Kier alpha value is -3.74. The van der Waals surface area contributed by atoms with Crippen LogP contribution in [-0.4, -0.2) is 43.9 Å². The van der Waals surface area contributed by atoms with Crippen LogP contribution in [0.2, 0.25) is 0 Å². The van der Waals surface area contributed by atoms with Gasteiger partial charge in [-0.15, -0.1) is 0 Å². The minimum Gasteiger partial charge on any atom is -0.466 e. The Balaban J connectivity index is 1.82. The number of Topliss-reactive ketones (excluding diaryl/α,β-unsaturated/α-hetero) is 1. The van der Waals surface area contributed by atoms with Gasteiger partial charge in [-0.1, -0.05) is 67.8 Å². The van der Waals surface area contributed by atoms with E-state index in [4.69, 9.17) is 19.2 Å². The molecule has 0 amide bonds. The molecule has 1 atom stereocenters. The van der Waals surface area contributed by atoms with E-state index in [1.165, 1.54) is 14.2 Å². The van der Waals surface area contributed by atoms with Gasteiger partial charge in [0.15, 0.2) is 0 Å². The fourth-order valence-corrected chi connectivity index (χ4v) is 5.24. The molecule has 2 aliphatic carbocycles. The van der Waals surface area contributed by atoms with Crippen molar-refractivity contribution in [3.63, 3.8) is 0 Å². The second kappa shape index (κ2) is 8.56. The number of carbonyl (C=O) groups excluding carboxylic acids is 3. The molecular weight excluding hydrogens is 434 g/mol. The van der Waals surface area contributed by atoms with Gasteiger partial charge in [-0.3, -0.25) is 4.79 Å². The van der Waals surface area contributed by atoms with Crippen molar-refractivity contribution in [1.82, 2.24) is 0 Å². The van der Waals surface area contributed by atoms with Crippen LogP contribution in [0.15, 0.2) is 64.7 Å². The van der Waals surface area contributed by atoms with Crippen molar-refractivity contribution in [3.05, 3.63) is 70.8 Å². The molecule has 174 valence electrons. The normalized spacial score (nSPS) is 22.9. The third-order valence-electron chi connectivity index (χ3n) is 6.81. The average molecular weight is 459 g/mol. The van der Waals surface area contributed by atoms with Crippen LogP contribution in [0.3, 0.4) is 0 Å². The number of benzene rings is 2. The average Bonchev–Trinajstić information content (AvgIpc) is 3.22. The molecule has 1 unspecified atom stereocenters. The van der Waals surface area contributed by atoms with Gasteiger partial charge < -0.3 is 14.2 Å². The summed E-state index contributed by atoms with van der Waals surface area (Å²) in [6, 6.07) is 14.3. The molecule has 2 aromatic carbocycles. The minimum absolute atomic E-state index is 0.0401. The smallest absolute Gasteiger partial charge is 0.344 e. The molecular formula is C27H25NO6. The number of fused-ring (bicyclic) bond motifs is 4. The zero-order chi connectivity index (χ0) is 23.9. The highest BCUT2D eigenvalue weighted by molar-refractivity contribution is 6.29. The zero-order valence-corrected chi connectivity index (χ0v) is 19.1. The summed E-state index contributed by atoms with van der Waals surface area (Å²) in [6.45, 7) is 0. The van der Waals surface area contributed by atoms with Crippen LogP contribution in [0.5, 0.6) is 0 Å². The lowest BCUT2D eigenvalue weighted by Crippen LogP contribution is -2.44.